The Morgan fingerprint density at radius 3 is 2.92 bits per heavy atom. The number of hydrogen-bond acceptors (Lipinski definition) is 3. The van der Waals surface area contributed by atoms with Gasteiger partial charge in [-0.05, 0) is 61.8 Å². The second-order valence-corrected chi connectivity index (χ2v) is 7.27. The van der Waals surface area contributed by atoms with Crippen LogP contribution in [0.25, 0.3) is 11.8 Å². The van der Waals surface area contributed by atoms with Crippen molar-refractivity contribution in [2.24, 2.45) is 11.3 Å². The van der Waals surface area contributed by atoms with Gasteiger partial charge in [0.2, 0.25) is 0 Å². The van der Waals surface area contributed by atoms with Crippen LogP contribution < -0.4 is 0 Å². The van der Waals surface area contributed by atoms with Crippen molar-refractivity contribution in [1.82, 2.24) is 14.8 Å². The van der Waals surface area contributed by atoms with Gasteiger partial charge in [0.1, 0.15) is 5.60 Å². The number of nitrogens with zero attached hydrogens (tertiary/aromatic N) is 3. The van der Waals surface area contributed by atoms with Crippen molar-refractivity contribution >= 4 is 6.08 Å². The van der Waals surface area contributed by atoms with E-state index in [9.17, 15) is 5.11 Å². The normalized spacial score (nSPS) is 31.1. The average molecular weight is 317 g/mol. The Morgan fingerprint density at radius 1 is 1.33 bits per heavy atom. The van der Waals surface area contributed by atoms with E-state index in [1.807, 2.05) is 29.2 Å². The monoisotopic (exact) mass is 317 g/mol. The van der Waals surface area contributed by atoms with E-state index in [0.29, 0.717) is 12.3 Å². The lowest BCUT2D eigenvalue weighted by atomic mass is 9.63. The molecule has 0 spiro atoms. The van der Waals surface area contributed by atoms with E-state index in [0.717, 1.165) is 37.1 Å². The van der Waals surface area contributed by atoms with Crippen LogP contribution >= 0.6 is 0 Å². The number of hydrogen-bond donors (Lipinski definition) is 1. The van der Waals surface area contributed by atoms with Gasteiger partial charge in [0.15, 0.2) is 0 Å². The summed E-state index contributed by atoms with van der Waals surface area (Å²) in [6.07, 6.45) is 18.2. The van der Waals surface area contributed by atoms with E-state index in [1.165, 1.54) is 11.1 Å². The first-order valence-electron chi connectivity index (χ1n) is 8.56. The lowest BCUT2D eigenvalue weighted by Crippen LogP contribution is -2.47. The molecule has 0 unspecified atom stereocenters. The lowest BCUT2D eigenvalue weighted by Gasteiger charge is -2.42. The summed E-state index contributed by atoms with van der Waals surface area (Å²) in [6.45, 7) is 0. The zero-order chi connectivity index (χ0) is 16.4. The van der Waals surface area contributed by atoms with E-state index < -0.39 is 5.60 Å². The maximum atomic E-state index is 11.2. The van der Waals surface area contributed by atoms with Crippen LogP contribution in [0.4, 0.5) is 0 Å². The van der Waals surface area contributed by atoms with Gasteiger partial charge in [0, 0.05) is 11.6 Å². The van der Waals surface area contributed by atoms with Gasteiger partial charge in [-0.1, -0.05) is 11.5 Å². The quantitative estimate of drug-likeness (QED) is 0.867. The molecule has 1 N–H and O–H groups in total. The lowest BCUT2D eigenvalue weighted by molar-refractivity contribution is -0.00845. The molecule has 4 nitrogen and oxygen atoms in total. The molecule has 0 amide bonds. The smallest absolute Gasteiger partial charge is 0.135 e. The fourth-order valence-corrected chi connectivity index (χ4v) is 4.84. The summed E-state index contributed by atoms with van der Waals surface area (Å²) >= 11 is 0. The Bertz CT molecular complexity index is 887. The molecule has 2 fully saturated rings. The summed E-state index contributed by atoms with van der Waals surface area (Å²) in [5.74, 6) is 3.25. The predicted octanol–water partition coefficient (Wildman–Crippen LogP) is 2.76. The van der Waals surface area contributed by atoms with E-state index in [1.54, 1.807) is 6.20 Å². The molecular weight excluding hydrogens is 298 g/mol. The summed E-state index contributed by atoms with van der Waals surface area (Å²) in [5.41, 5.74) is 3.25. The van der Waals surface area contributed by atoms with E-state index in [4.69, 9.17) is 6.42 Å². The van der Waals surface area contributed by atoms with Crippen molar-refractivity contribution in [3.8, 4) is 18.0 Å². The highest BCUT2D eigenvalue weighted by Gasteiger charge is 2.63. The fourth-order valence-electron chi connectivity index (χ4n) is 4.84. The molecule has 0 bridgehead atoms. The third-order valence-corrected chi connectivity index (χ3v) is 6.14. The van der Waals surface area contributed by atoms with Crippen molar-refractivity contribution in [2.75, 3.05) is 0 Å². The summed E-state index contributed by atoms with van der Waals surface area (Å²) in [6, 6.07) is 3.93. The SMILES string of the molecule is C#C[C@]1(O)CCC2=Cc3c(cnn3-c3cccnc3)C[C@@]21C1CC1. The molecule has 2 atom stereocenters. The molecule has 2 heterocycles. The van der Waals surface area contributed by atoms with E-state index >= 15 is 0 Å². The van der Waals surface area contributed by atoms with E-state index in [-0.39, 0.29) is 5.41 Å². The molecule has 3 aliphatic carbocycles. The van der Waals surface area contributed by atoms with Crippen LogP contribution in [0.5, 0.6) is 0 Å². The van der Waals surface area contributed by atoms with Crippen LogP contribution in [0.2, 0.25) is 0 Å². The fraction of sp³-hybridized carbons (Fsp3) is 0.400. The second-order valence-electron chi connectivity index (χ2n) is 7.27. The number of pyridine rings is 1. The maximum absolute atomic E-state index is 11.2. The van der Waals surface area contributed by atoms with Gasteiger partial charge in [-0.3, -0.25) is 4.98 Å². The Labute approximate surface area is 141 Å². The number of fused-ring (bicyclic) bond motifs is 2. The molecule has 2 saturated carbocycles. The van der Waals surface area contributed by atoms with Crippen molar-refractivity contribution in [3.63, 3.8) is 0 Å². The molecular formula is C20H19N3O. The van der Waals surface area contributed by atoms with Crippen LogP contribution in [0.15, 0.2) is 36.3 Å². The Balaban J connectivity index is 1.67. The minimum Gasteiger partial charge on any atom is -0.377 e. The Morgan fingerprint density at radius 2 is 2.21 bits per heavy atom. The summed E-state index contributed by atoms with van der Waals surface area (Å²) < 4.78 is 1.94. The maximum Gasteiger partial charge on any atom is 0.135 e. The summed E-state index contributed by atoms with van der Waals surface area (Å²) in [4.78, 5) is 4.20. The summed E-state index contributed by atoms with van der Waals surface area (Å²) in [7, 11) is 0. The van der Waals surface area contributed by atoms with Crippen molar-refractivity contribution in [3.05, 3.63) is 47.6 Å². The van der Waals surface area contributed by atoms with Gasteiger partial charge in [-0.15, -0.1) is 6.42 Å². The molecule has 0 aliphatic heterocycles. The first kappa shape index (κ1) is 14.0. The first-order chi connectivity index (χ1) is 11.7. The van der Waals surface area contributed by atoms with Gasteiger partial charge in [-0.25, -0.2) is 4.68 Å². The van der Waals surface area contributed by atoms with Gasteiger partial charge in [-0.2, -0.15) is 5.10 Å². The highest BCUT2D eigenvalue weighted by molar-refractivity contribution is 5.64. The van der Waals surface area contributed by atoms with Crippen LogP contribution in [-0.2, 0) is 6.42 Å². The summed E-state index contributed by atoms with van der Waals surface area (Å²) in [5, 5.41) is 15.8. The standard InChI is InChI=1S/C20H19N3O/c1-2-19(24)8-7-16-10-18-14(11-20(16,19)15-5-6-15)12-22-23(18)17-4-3-9-21-13-17/h1,3-4,9-10,12-13,15,24H,5-8,11H2/t19-,20+/m0/s1. The van der Waals surface area contributed by atoms with Crippen molar-refractivity contribution in [2.45, 2.75) is 37.7 Å². The minimum absolute atomic E-state index is 0.280. The molecule has 3 aliphatic rings. The van der Waals surface area contributed by atoms with Crippen molar-refractivity contribution in [1.29, 1.82) is 0 Å². The van der Waals surface area contributed by atoms with E-state index in [2.05, 4.69) is 22.1 Å². The molecule has 0 radical (unpaired) electrons. The highest BCUT2D eigenvalue weighted by Crippen LogP contribution is 2.65. The van der Waals surface area contributed by atoms with Gasteiger partial charge < -0.3 is 5.11 Å². The molecule has 0 saturated heterocycles. The topological polar surface area (TPSA) is 50.9 Å². The Hall–Kier alpha value is -2.38. The largest absolute Gasteiger partial charge is 0.377 e. The van der Waals surface area contributed by atoms with Crippen LogP contribution in [0.3, 0.4) is 0 Å². The first-order valence-corrected chi connectivity index (χ1v) is 8.56. The average Bonchev–Trinajstić information content (AvgIpc) is 3.34. The molecule has 120 valence electrons. The molecule has 4 heteroatoms. The molecule has 24 heavy (non-hydrogen) atoms. The van der Waals surface area contributed by atoms with Crippen molar-refractivity contribution < 1.29 is 5.11 Å². The van der Waals surface area contributed by atoms with Crippen LogP contribution in [-0.4, -0.2) is 25.5 Å². The molecule has 5 rings (SSSR count). The molecule has 2 aromatic rings. The van der Waals surface area contributed by atoms with Gasteiger partial charge in [0.25, 0.3) is 0 Å². The second kappa shape index (κ2) is 4.58. The minimum atomic E-state index is -1.02. The zero-order valence-electron chi connectivity index (χ0n) is 13.4. The number of rotatable bonds is 2. The van der Waals surface area contributed by atoms with Gasteiger partial charge in [0.05, 0.1) is 23.8 Å². The number of terminal acetylenes is 1. The Kier molecular flexibility index (Phi) is 2.67. The van der Waals surface area contributed by atoms with Gasteiger partial charge >= 0.3 is 0 Å². The number of aromatic nitrogens is 3. The third kappa shape index (κ3) is 1.63. The molecule has 2 aromatic heterocycles. The molecule has 0 aromatic carbocycles. The predicted molar refractivity (Wildman–Crippen MR) is 91.2 cm³/mol. The third-order valence-electron chi connectivity index (χ3n) is 6.14. The van der Waals surface area contributed by atoms with Crippen LogP contribution in [0, 0.1) is 23.7 Å². The zero-order valence-corrected chi connectivity index (χ0v) is 13.4. The van der Waals surface area contributed by atoms with Crippen LogP contribution in [0.1, 0.15) is 36.9 Å². The number of aliphatic hydroxyl groups is 1. The highest BCUT2D eigenvalue weighted by atomic mass is 16.3.